The number of carbonyl (C=O) groups excluding carboxylic acids is 1. The van der Waals surface area contributed by atoms with Gasteiger partial charge >= 0.3 is 5.97 Å². The van der Waals surface area contributed by atoms with Crippen LogP contribution in [0.4, 0.5) is 0 Å². The number of methoxy groups -OCH3 is 1. The van der Waals surface area contributed by atoms with Crippen LogP contribution in [-0.2, 0) is 19.9 Å². The summed E-state index contributed by atoms with van der Waals surface area (Å²) in [5.41, 5.74) is 0.718. The Morgan fingerprint density at radius 2 is 1.83 bits per heavy atom. The number of carbonyl (C=O) groups is 1. The van der Waals surface area contributed by atoms with E-state index in [0.29, 0.717) is 6.61 Å². The number of rotatable bonds is 6. The van der Waals surface area contributed by atoms with Gasteiger partial charge in [-0.2, -0.15) is 0 Å². The molecule has 0 amide bonds. The first-order valence-electron chi connectivity index (χ1n) is 7.77. The highest BCUT2D eigenvalue weighted by molar-refractivity contribution is 5.85. The van der Waals surface area contributed by atoms with Gasteiger partial charge in [-0.05, 0) is 29.7 Å². The van der Waals surface area contributed by atoms with Gasteiger partial charge in [0, 0.05) is 0 Å². The first-order chi connectivity index (χ1) is 11.2. The van der Waals surface area contributed by atoms with Crippen molar-refractivity contribution in [3.8, 4) is 5.75 Å². The number of epoxide rings is 1. The number of benzene rings is 2. The molecule has 2 unspecified atom stereocenters. The monoisotopic (exact) mass is 312 g/mol. The molecule has 1 saturated heterocycles. The minimum Gasteiger partial charge on any atom is -0.497 e. The number of hydrogen-bond donors (Lipinski definition) is 0. The van der Waals surface area contributed by atoms with E-state index < -0.39 is 5.60 Å². The molecular formula is C19H20O4. The third-order valence-electron chi connectivity index (χ3n) is 3.98. The van der Waals surface area contributed by atoms with Crippen LogP contribution in [-0.4, -0.2) is 19.7 Å². The van der Waals surface area contributed by atoms with E-state index in [4.69, 9.17) is 14.2 Å². The topological polar surface area (TPSA) is 48.1 Å². The summed E-state index contributed by atoms with van der Waals surface area (Å²) in [5.74, 6) is 0.444. The van der Waals surface area contributed by atoms with Gasteiger partial charge in [-0.25, -0.2) is 4.79 Å². The molecular weight excluding hydrogens is 292 g/mol. The number of esters is 1. The van der Waals surface area contributed by atoms with Crippen LogP contribution in [0.2, 0.25) is 0 Å². The van der Waals surface area contributed by atoms with Crippen molar-refractivity contribution in [2.24, 2.45) is 0 Å². The van der Waals surface area contributed by atoms with Crippen molar-refractivity contribution in [2.45, 2.75) is 25.0 Å². The lowest BCUT2D eigenvalue weighted by molar-refractivity contribution is -0.150. The zero-order chi connectivity index (χ0) is 16.3. The SMILES string of the molecule is CCCOC(=O)C1(c2ccccc2)OC1c1ccc(OC)cc1. The molecule has 0 aromatic heterocycles. The smallest absolute Gasteiger partial charge is 0.346 e. The second kappa shape index (κ2) is 6.42. The summed E-state index contributed by atoms with van der Waals surface area (Å²) in [4.78, 5) is 12.6. The average Bonchev–Trinajstić information content (AvgIpc) is 3.37. The highest BCUT2D eigenvalue weighted by atomic mass is 16.7. The van der Waals surface area contributed by atoms with Gasteiger partial charge in [0.2, 0.25) is 5.60 Å². The van der Waals surface area contributed by atoms with Crippen LogP contribution in [0.3, 0.4) is 0 Å². The minimum atomic E-state index is -1.04. The summed E-state index contributed by atoms with van der Waals surface area (Å²) in [7, 11) is 1.62. The molecule has 2 atom stereocenters. The van der Waals surface area contributed by atoms with Crippen LogP contribution in [0, 0.1) is 0 Å². The summed E-state index contributed by atoms with van der Waals surface area (Å²) in [5, 5.41) is 0. The molecule has 0 radical (unpaired) electrons. The van der Waals surface area contributed by atoms with Gasteiger partial charge in [0.1, 0.15) is 11.9 Å². The van der Waals surface area contributed by atoms with E-state index in [0.717, 1.165) is 23.3 Å². The van der Waals surface area contributed by atoms with Gasteiger partial charge in [-0.3, -0.25) is 0 Å². The van der Waals surface area contributed by atoms with Gasteiger partial charge in [-0.1, -0.05) is 49.4 Å². The molecule has 0 bridgehead atoms. The molecule has 23 heavy (non-hydrogen) atoms. The van der Waals surface area contributed by atoms with Gasteiger partial charge in [0.05, 0.1) is 13.7 Å². The Morgan fingerprint density at radius 3 is 2.43 bits per heavy atom. The van der Waals surface area contributed by atoms with E-state index in [9.17, 15) is 4.79 Å². The van der Waals surface area contributed by atoms with Crippen LogP contribution in [0.5, 0.6) is 5.75 Å². The molecule has 0 saturated carbocycles. The van der Waals surface area contributed by atoms with Crippen molar-refractivity contribution < 1.29 is 19.0 Å². The number of hydrogen-bond acceptors (Lipinski definition) is 4. The normalized spacial score (nSPS) is 22.4. The molecule has 1 aliphatic heterocycles. The Bertz CT molecular complexity index is 666. The first kappa shape index (κ1) is 15.6. The summed E-state index contributed by atoms with van der Waals surface area (Å²) in [6.45, 7) is 2.36. The Morgan fingerprint density at radius 1 is 1.13 bits per heavy atom. The summed E-state index contributed by atoms with van der Waals surface area (Å²) >= 11 is 0. The Hall–Kier alpha value is -2.33. The molecule has 3 rings (SSSR count). The lowest BCUT2D eigenvalue weighted by atomic mass is 9.92. The van der Waals surface area contributed by atoms with Crippen LogP contribution in [0.15, 0.2) is 54.6 Å². The fourth-order valence-corrected chi connectivity index (χ4v) is 2.71. The second-order valence-electron chi connectivity index (χ2n) is 5.51. The third kappa shape index (κ3) is 2.82. The standard InChI is InChI=1S/C19H20O4/c1-3-13-22-18(20)19(15-7-5-4-6-8-15)17(23-19)14-9-11-16(21-2)12-10-14/h4-12,17H,3,13H2,1-2H3. The van der Waals surface area contributed by atoms with Crippen molar-refractivity contribution in [3.05, 3.63) is 65.7 Å². The van der Waals surface area contributed by atoms with Gasteiger partial charge in [0.15, 0.2) is 0 Å². The summed E-state index contributed by atoms with van der Waals surface area (Å²) < 4.78 is 16.4. The Balaban J connectivity index is 1.91. The predicted octanol–water partition coefficient (Wildman–Crippen LogP) is 3.62. The molecule has 0 N–H and O–H groups in total. The van der Waals surface area contributed by atoms with Gasteiger partial charge in [-0.15, -0.1) is 0 Å². The Labute approximate surface area is 136 Å². The van der Waals surface area contributed by atoms with Crippen molar-refractivity contribution in [1.82, 2.24) is 0 Å². The fraction of sp³-hybridized carbons (Fsp3) is 0.316. The van der Waals surface area contributed by atoms with E-state index >= 15 is 0 Å². The van der Waals surface area contributed by atoms with Crippen molar-refractivity contribution >= 4 is 5.97 Å². The molecule has 4 heteroatoms. The molecule has 2 aromatic rings. The first-order valence-corrected chi connectivity index (χ1v) is 7.77. The molecule has 1 heterocycles. The molecule has 2 aromatic carbocycles. The lowest BCUT2D eigenvalue weighted by Gasteiger charge is -2.13. The quantitative estimate of drug-likeness (QED) is 0.604. The molecule has 0 spiro atoms. The van der Waals surface area contributed by atoms with Crippen LogP contribution < -0.4 is 4.74 Å². The summed E-state index contributed by atoms with van der Waals surface area (Å²) in [6.07, 6.45) is 0.448. The number of ether oxygens (including phenoxy) is 3. The van der Waals surface area contributed by atoms with Crippen molar-refractivity contribution in [3.63, 3.8) is 0 Å². The van der Waals surface area contributed by atoms with Crippen LogP contribution in [0.25, 0.3) is 0 Å². The minimum absolute atomic E-state index is 0.327. The van der Waals surface area contributed by atoms with E-state index in [1.165, 1.54) is 0 Å². The fourth-order valence-electron chi connectivity index (χ4n) is 2.71. The maximum atomic E-state index is 12.6. The largest absolute Gasteiger partial charge is 0.497 e. The van der Waals surface area contributed by atoms with Crippen molar-refractivity contribution in [1.29, 1.82) is 0 Å². The third-order valence-corrected chi connectivity index (χ3v) is 3.98. The van der Waals surface area contributed by atoms with Crippen LogP contribution in [0.1, 0.15) is 30.6 Å². The maximum absolute atomic E-state index is 12.6. The predicted molar refractivity (Wildman–Crippen MR) is 86.2 cm³/mol. The van der Waals surface area contributed by atoms with E-state index in [1.807, 2.05) is 61.5 Å². The van der Waals surface area contributed by atoms with E-state index in [1.54, 1.807) is 7.11 Å². The molecule has 1 aliphatic rings. The summed E-state index contributed by atoms with van der Waals surface area (Å²) in [6, 6.07) is 17.1. The van der Waals surface area contributed by atoms with Crippen LogP contribution >= 0.6 is 0 Å². The zero-order valence-corrected chi connectivity index (χ0v) is 13.3. The molecule has 0 aliphatic carbocycles. The maximum Gasteiger partial charge on any atom is 0.346 e. The molecule has 1 fully saturated rings. The average molecular weight is 312 g/mol. The zero-order valence-electron chi connectivity index (χ0n) is 13.3. The lowest BCUT2D eigenvalue weighted by Crippen LogP contribution is -2.26. The van der Waals surface area contributed by atoms with Gasteiger partial charge in [0.25, 0.3) is 0 Å². The van der Waals surface area contributed by atoms with E-state index in [2.05, 4.69) is 0 Å². The molecule has 4 nitrogen and oxygen atoms in total. The molecule has 120 valence electrons. The highest BCUT2D eigenvalue weighted by Gasteiger charge is 2.65. The van der Waals surface area contributed by atoms with Crippen molar-refractivity contribution in [2.75, 3.05) is 13.7 Å². The highest BCUT2D eigenvalue weighted by Crippen LogP contribution is 2.57. The Kier molecular flexibility index (Phi) is 4.35. The second-order valence-corrected chi connectivity index (χ2v) is 5.51. The van der Waals surface area contributed by atoms with Gasteiger partial charge < -0.3 is 14.2 Å². The van der Waals surface area contributed by atoms with E-state index in [-0.39, 0.29) is 12.1 Å².